The van der Waals surface area contributed by atoms with Crippen LogP contribution in [0.2, 0.25) is 0 Å². The minimum Gasteiger partial charge on any atom is -0.465 e. The van der Waals surface area contributed by atoms with Gasteiger partial charge in [-0.2, -0.15) is 0 Å². The van der Waals surface area contributed by atoms with Gasteiger partial charge in [-0.05, 0) is 30.9 Å². The highest BCUT2D eigenvalue weighted by atomic mass is 16.5. The Kier molecular flexibility index (Phi) is 5.31. The van der Waals surface area contributed by atoms with E-state index in [2.05, 4.69) is 22.0 Å². The molecule has 0 saturated heterocycles. The molecule has 2 atom stereocenters. The summed E-state index contributed by atoms with van der Waals surface area (Å²) in [5.74, 6) is 0.204. The number of rotatable bonds is 5. The predicted molar refractivity (Wildman–Crippen MR) is 79.9 cm³/mol. The normalized spacial score (nSPS) is 25.6. The van der Waals surface area contributed by atoms with E-state index in [9.17, 15) is 9.90 Å². The molecule has 0 spiro atoms. The molecular weight excluding hydrogens is 268 g/mol. The van der Waals surface area contributed by atoms with Gasteiger partial charge < -0.3 is 15.2 Å². The lowest BCUT2D eigenvalue weighted by molar-refractivity contribution is -0.0119. The van der Waals surface area contributed by atoms with Crippen molar-refractivity contribution < 1.29 is 14.6 Å². The Balaban J connectivity index is 1.82. The lowest BCUT2D eigenvalue weighted by Gasteiger charge is -2.35. The molecule has 116 valence electrons. The molecule has 1 saturated carbocycles. The predicted octanol–water partition coefficient (Wildman–Crippen LogP) is 1.90. The number of ether oxygens (including phenoxy) is 1. The summed E-state index contributed by atoms with van der Waals surface area (Å²) in [6.45, 7) is 3.35. The summed E-state index contributed by atoms with van der Waals surface area (Å²) >= 11 is 0. The number of pyridine rings is 1. The fourth-order valence-corrected chi connectivity index (χ4v) is 2.98. The van der Waals surface area contributed by atoms with Crippen molar-refractivity contribution in [2.75, 3.05) is 13.7 Å². The molecule has 1 fully saturated rings. The number of aliphatic hydroxyl groups is 1. The van der Waals surface area contributed by atoms with Crippen LogP contribution in [0.25, 0.3) is 0 Å². The first-order chi connectivity index (χ1) is 10.0. The SMILES string of the molecule is COC(=O)c1ccc(CNCC2(O)CCCC(C)C2)nc1. The summed E-state index contributed by atoms with van der Waals surface area (Å²) in [6.07, 6.45) is 5.53. The van der Waals surface area contributed by atoms with Gasteiger partial charge >= 0.3 is 5.97 Å². The second-order valence-electron chi connectivity index (χ2n) is 6.06. The van der Waals surface area contributed by atoms with Gasteiger partial charge in [-0.1, -0.05) is 19.8 Å². The molecule has 5 nitrogen and oxygen atoms in total. The highest BCUT2D eigenvalue weighted by molar-refractivity contribution is 5.88. The van der Waals surface area contributed by atoms with Gasteiger partial charge in [0.1, 0.15) is 0 Å². The summed E-state index contributed by atoms with van der Waals surface area (Å²) in [4.78, 5) is 15.5. The van der Waals surface area contributed by atoms with E-state index in [1.165, 1.54) is 19.7 Å². The molecular formula is C16H24N2O3. The number of esters is 1. The van der Waals surface area contributed by atoms with Gasteiger partial charge in [-0.15, -0.1) is 0 Å². The minimum absolute atomic E-state index is 0.382. The monoisotopic (exact) mass is 292 g/mol. The second kappa shape index (κ2) is 7.00. The van der Waals surface area contributed by atoms with Crippen LogP contribution in [0.3, 0.4) is 0 Å². The maximum Gasteiger partial charge on any atom is 0.339 e. The van der Waals surface area contributed by atoms with Gasteiger partial charge in [0.25, 0.3) is 0 Å². The maximum absolute atomic E-state index is 11.3. The third-order valence-corrected chi connectivity index (χ3v) is 4.07. The average molecular weight is 292 g/mol. The molecule has 1 aliphatic carbocycles. The summed E-state index contributed by atoms with van der Waals surface area (Å²) in [7, 11) is 1.35. The number of methoxy groups -OCH3 is 1. The molecule has 0 aromatic carbocycles. The van der Waals surface area contributed by atoms with Crippen LogP contribution in [0.1, 0.15) is 48.7 Å². The molecule has 2 N–H and O–H groups in total. The lowest BCUT2D eigenvalue weighted by Crippen LogP contribution is -2.43. The molecule has 21 heavy (non-hydrogen) atoms. The Morgan fingerprint density at radius 1 is 1.57 bits per heavy atom. The first-order valence-electron chi connectivity index (χ1n) is 7.49. The van der Waals surface area contributed by atoms with Crippen LogP contribution in [0.15, 0.2) is 18.3 Å². The van der Waals surface area contributed by atoms with E-state index in [-0.39, 0.29) is 5.97 Å². The average Bonchev–Trinajstić information content (AvgIpc) is 2.47. The Labute approximate surface area is 125 Å². The minimum atomic E-state index is -0.594. The standard InChI is InChI=1S/C16H24N2O3/c1-12-4-3-7-16(20,8-12)11-17-10-14-6-5-13(9-18-14)15(19)21-2/h5-6,9,12,17,20H,3-4,7-8,10-11H2,1-2H3. The van der Waals surface area contributed by atoms with E-state index in [0.717, 1.165) is 25.0 Å². The van der Waals surface area contributed by atoms with E-state index in [0.29, 0.717) is 24.6 Å². The Morgan fingerprint density at radius 2 is 2.38 bits per heavy atom. The van der Waals surface area contributed by atoms with E-state index in [4.69, 9.17) is 0 Å². The fraction of sp³-hybridized carbons (Fsp3) is 0.625. The number of aromatic nitrogens is 1. The zero-order valence-electron chi connectivity index (χ0n) is 12.8. The zero-order chi connectivity index (χ0) is 15.3. The molecule has 0 radical (unpaired) electrons. The molecule has 0 amide bonds. The highest BCUT2D eigenvalue weighted by Crippen LogP contribution is 2.31. The first kappa shape index (κ1) is 15.9. The smallest absolute Gasteiger partial charge is 0.339 e. The van der Waals surface area contributed by atoms with Crippen LogP contribution in [0.4, 0.5) is 0 Å². The van der Waals surface area contributed by atoms with E-state index >= 15 is 0 Å². The van der Waals surface area contributed by atoms with Gasteiger partial charge in [-0.25, -0.2) is 4.79 Å². The third-order valence-electron chi connectivity index (χ3n) is 4.07. The molecule has 5 heteroatoms. The number of carbonyl (C=O) groups excluding carboxylic acids is 1. The molecule has 1 aliphatic rings. The molecule has 1 heterocycles. The van der Waals surface area contributed by atoms with E-state index in [1.54, 1.807) is 12.1 Å². The second-order valence-corrected chi connectivity index (χ2v) is 6.06. The summed E-state index contributed by atoms with van der Waals surface area (Å²) < 4.78 is 4.63. The largest absolute Gasteiger partial charge is 0.465 e. The van der Waals surface area contributed by atoms with Crippen molar-refractivity contribution in [2.45, 2.75) is 44.8 Å². The van der Waals surface area contributed by atoms with Gasteiger partial charge in [0.2, 0.25) is 0 Å². The first-order valence-corrected chi connectivity index (χ1v) is 7.49. The molecule has 1 aromatic rings. The van der Waals surface area contributed by atoms with Crippen molar-refractivity contribution in [3.8, 4) is 0 Å². The van der Waals surface area contributed by atoms with Crippen molar-refractivity contribution in [3.05, 3.63) is 29.6 Å². The number of nitrogens with one attached hydrogen (secondary N) is 1. The third kappa shape index (κ3) is 4.51. The fourth-order valence-electron chi connectivity index (χ4n) is 2.98. The maximum atomic E-state index is 11.3. The zero-order valence-corrected chi connectivity index (χ0v) is 12.8. The molecule has 0 aliphatic heterocycles. The summed E-state index contributed by atoms with van der Waals surface area (Å²) in [6, 6.07) is 3.50. The van der Waals surface area contributed by atoms with Crippen LogP contribution in [-0.2, 0) is 11.3 Å². The van der Waals surface area contributed by atoms with Crippen LogP contribution >= 0.6 is 0 Å². The van der Waals surface area contributed by atoms with Crippen molar-refractivity contribution in [3.63, 3.8) is 0 Å². The van der Waals surface area contributed by atoms with Crippen LogP contribution in [0.5, 0.6) is 0 Å². The van der Waals surface area contributed by atoms with Crippen molar-refractivity contribution in [1.82, 2.24) is 10.3 Å². The van der Waals surface area contributed by atoms with E-state index in [1.807, 2.05) is 0 Å². The van der Waals surface area contributed by atoms with Crippen molar-refractivity contribution >= 4 is 5.97 Å². The summed E-state index contributed by atoms with van der Waals surface area (Å²) in [5, 5.41) is 13.8. The molecule has 1 aromatic heterocycles. The quantitative estimate of drug-likeness (QED) is 0.811. The highest BCUT2D eigenvalue weighted by Gasteiger charge is 2.31. The van der Waals surface area contributed by atoms with Gasteiger partial charge in [-0.3, -0.25) is 4.98 Å². The van der Waals surface area contributed by atoms with Crippen molar-refractivity contribution in [2.24, 2.45) is 5.92 Å². The molecule has 2 rings (SSSR count). The number of nitrogens with zero attached hydrogens (tertiary/aromatic N) is 1. The van der Waals surface area contributed by atoms with Crippen LogP contribution in [0, 0.1) is 5.92 Å². The number of carbonyl (C=O) groups is 1. The van der Waals surface area contributed by atoms with Crippen molar-refractivity contribution in [1.29, 1.82) is 0 Å². The molecule has 2 unspecified atom stereocenters. The van der Waals surface area contributed by atoms with E-state index < -0.39 is 5.60 Å². The van der Waals surface area contributed by atoms with Gasteiger partial charge in [0.15, 0.2) is 0 Å². The summed E-state index contributed by atoms with van der Waals surface area (Å²) in [5.41, 5.74) is 0.694. The number of hydrogen-bond donors (Lipinski definition) is 2. The van der Waals surface area contributed by atoms with Gasteiger partial charge in [0.05, 0.1) is 24.0 Å². The van der Waals surface area contributed by atoms with Crippen LogP contribution in [-0.4, -0.2) is 35.3 Å². The van der Waals surface area contributed by atoms with Gasteiger partial charge in [0, 0.05) is 19.3 Å². The Hall–Kier alpha value is -1.46. The topological polar surface area (TPSA) is 71.5 Å². The Morgan fingerprint density at radius 3 is 3.00 bits per heavy atom. The Bertz CT molecular complexity index is 475. The van der Waals surface area contributed by atoms with Crippen LogP contribution < -0.4 is 5.32 Å². The lowest BCUT2D eigenvalue weighted by atomic mass is 9.79. The molecule has 0 bridgehead atoms. The number of hydrogen-bond acceptors (Lipinski definition) is 5.